The molecule has 1 aromatic rings. The minimum Gasteiger partial charge on any atom is -0.379 e. The highest BCUT2D eigenvalue weighted by Crippen LogP contribution is 2.25. The number of ether oxygens (including phenoxy) is 1. The molecule has 1 fully saturated rings. The average molecular weight is 234 g/mol. The van der Waals surface area contributed by atoms with E-state index in [-0.39, 0.29) is 0 Å². The molecule has 1 aliphatic heterocycles. The molecule has 0 N–H and O–H groups in total. The van der Waals surface area contributed by atoms with Crippen molar-refractivity contribution in [3.63, 3.8) is 0 Å². The Bertz CT molecular complexity index is 307. The zero-order valence-electron chi connectivity index (χ0n) is 7.94. The minimum atomic E-state index is 0.318. The van der Waals surface area contributed by atoms with Crippen LogP contribution in [0.15, 0.2) is 0 Å². The summed E-state index contributed by atoms with van der Waals surface area (Å²) in [6, 6.07) is 0.318. The van der Waals surface area contributed by atoms with Gasteiger partial charge in [0.1, 0.15) is 0 Å². The first kappa shape index (κ1) is 10.1. The van der Waals surface area contributed by atoms with E-state index in [4.69, 9.17) is 16.3 Å². The van der Waals surface area contributed by atoms with E-state index in [1.165, 1.54) is 0 Å². The molecule has 0 radical (unpaired) electrons. The van der Waals surface area contributed by atoms with Crippen molar-refractivity contribution >= 4 is 29.1 Å². The predicted octanol–water partition coefficient (Wildman–Crippen LogP) is 1.81. The van der Waals surface area contributed by atoms with Crippen molar-refractivity contribution in [3.8, 4) is 0 Å². The largest absolute Gasteiger partial charge is 0.379 e. The molecule has 78 valence electrons. The van der Waals surface area contributed by atoms with Crippen molar-refractivity contribution in [3.05, 3.63) is 5.15 Å². The van der Waals surface area contributed by atoms with Crippen LogP contribution in [0, 0.1) is 0 Å². The van der Waals surface area contributed by atoms with Crippen LogP contribution in [0.2, 0.25) is 5.15 Å². The molecule has 1 aliphatic rings. The maximum atomic E-state index is 5.95. The van der Waals surface area contributed by atoms with Crippen molar-refractivity contribution in [2.45, 2.75) is 19.4 Å². The number of anilines is 1. The lowest BCUT2D eigenvalue weighted by molar-refractivity contribution is 0.137. The Morgan fingerprint density at radius 1 is 1.57 bits per heavy atom. The number of nitrogens with zero attached hydrogens (tertiary/aromatic N) is 3. The van der Waals surface area contributed by atoms with E-state index in [0.29, 0.717) is 11.2 Å². The fraction of sp³-hybridized carbons (Fsp3) is 0.750. The van der Waals surface area contributed by atoms with E-state index in [2.05, 4.69) is 20.6 Å². The summed E-state index contributed by atoms with van der Waals surface area (Å²) in [6.45, 7) is 4.59. The van der Waals surface area contributed by atoms with Crippen LogP contribution in [0.3, 0.4) is 0 Å². The summed E-state index contributed by atoms with van der Waals surface area (Å²) in [5.74, 6) is 0.801. The first-order valence-corrected chi connectivity index (χ1v) is 5.72. The van der Waals surface area contributed by atoms with E-state index >= 15 is 0 Å². The molecule has 1 saturated heterocycles. The topological polar surface area (TPSA) is 38.2 Å². The molecule has 0 saturated carbocycles. The van der Waals surface area contributed by atoms with E-state index in [1.807, 2.05) is 0 Å². The van der Waals surface area contributed by atoms with Crippen LogP contribution >= 0.6 is 23.3 Å². The number of halogens is 1. The molecule has 1 unspecified atom stereocenters. The second-order valence-corrected chi connectivity index (χ2v) is 4.24. The summed E-state index contributed by atoms with van der Waals surface area (Å²) in [5, 5.41) is 0.503. The molecule has 1 aromatic heterocycles. The molecule has 0 spiro atoms. The first-order valence-electron chi connectivity index (χ1n) is 4.61. The normalized spacial score (nSPS) is 23.6. The van der Waals surface area contributed by atoms with Gasteiger partial charge in [-0.25, -0.2) is 0 Å². The zero-order chi connectivity index (χ0) is 9.97. The van der Waals surface area contributed by atoms with Gasteiger partial charge >= 0.3 is 0 Å². The Balaban J connectivity index is 2.19. The average Bonchev–Trinajstić information content (AvgIpc) is 2.46. The van der Waals surface area contributed by atoms with Gasteiger partial charge in [0.15, 0.2) is 11.0 Å². The van der Waals surface area contributed by atoms with Gasteiger partial charge in [-0.2, -0.15) is 8.75 Å². The lowest BCUT2D eigenvalue weighted by atomic mass is 10.3. The fourth-order valence-corrected chi connectivity index (χ4v) is 2.32. The minimum absolute atomic E-state index is 0.318. The van der Waals surface area contributed by atoms with Gasteiger partial charge in [-0.05, 0) is 13.3 Å². The third kappa shape index (κ3) is 1.99. The van der Waals surface area contributed by atoms with Crippen molar-refractivity contribution in [1.82, 2.24) is 8.75 Å². The SMILES string of the molecule is CC1COCCCN1c1nsnc1Cl. The number of aromatic nitrogens is 2. The van der Waals surface area contributed by atoms with E-state index in [9.17, 15) is 0 Å². The molecule has 0 bridgehead atoms. The third-order valence-corrected chi connectivity index (χ3v) is 3.16. The highest BCUT2D eigenvalue weighted by atomic mass is 35.5. The molecular weight excluding hydrogens is 222 g/mol. The summed E-state index contributed by atoms with van der Waals surface area (Å²) in [4.78, 5) is 2.17. The number of hydrogen-bond acceptors (Lipinski definition) is 5. The molecule has 6 heteroatoms. The molecule has 14 heavy (non-hydrogen) atoms. The van der Waals surface area contributed by atoms with Crippen LogP contribution in [-0.4, -0.2) is 34.5 Å². The zero-order valence-corrected chi connectivity index (χ0v) is 9.51. The maximum absolute atomic E-state index is 5.95. The van der Waals surface area contributed by atoms with Gasteiger partial charge in [0.25, 0.3) is 0 Å². The monoisotopic (exact) mass is 233 g/mol. The maximum Gasteiger partial charge on any atom is 0.187 e. The standard InChI is InChI=1S/C8H12ClN3OS/c1-6-5-13-4-2-3-12(6)8-7(9)10-14-11-8/h6H,2-5H2,1H3. The summed E-state index contributed by atoms with van der Waals surface area (Å²) in [6.07, 6.45) is 1.01. The van der Waals surface area contributed by atoms with Gasteiger partial charge in [0, 0.05) is 13.2 Å². The second-order valence-electron chi connectivity index (χ2n) is 3.35. The Labute approximate surface area is 92.2 Å². The van der Waals surface area contributed by atoms with Crippen molar-refractivity contribution in [2.24, 2.45) is 0 Å². The van der Waals surface area contributed by atoms with Gasteiger partial charge in [-0.1, -0.05) is 11.6 Å². The highest BCUT2D eigenvalue weighted by molar-refractivity contribution is 6.99. The second kappa shape index (κ2) is 4.42. The van der Waals surface area contributed by atoms with Crippen LogP contribution in [0.25, 0.3) is 0 Å². The molecule has 0 aliphatic carbocycles. The third-order valence-electron chi connectivity index (χ3n) is 2.28. The number of hydrogen-bond donors (Lipinski definition) is 0. The predicted molar refractivity (Wildman–Crippen MR) is 57.2 cm³/mol. The van der Waals surface area contributed by atoms with Gasteiger partial charge < -0.3 is 9.64 Å². The van der Waals surface area contributed by atoms with E-state index in [0.717, 1.165) is 43.7 Å². The van der Waals surface area contributed by atoms with Crippen molar-refractivity contribution < 1.29 is 4.74 Å². The molecule has 2 rings (SSSR count). The smallest absolute Gasteiger partial charge is 0.187 e. The Kier molecular flexibility index (Phi) is 3.20. The molecule has 4 nitrogen and oxygen atoms in total. The number of rotatable bonds is 1. The Morgan fingerprint density at radius 3 is 3.14 bits per heavy atom. The van der Waals surface area contributed by atoms with E-state index in [1.54, 1.807) is 0 Å². The van der Waals surface area contributed by atoms with Gasteiger partial charge in [0.2, 0.25) is 0 Å². The molecule has 0 amide bonds. The first-order chi connectivity index (χ1) is 6.79. The quantitative estimate of drug-likeness (QED) is 0.742. The van der Waals surface area contributed by atoms with Crippen molar-refractivity contribution in [2.75, 3.05) is 24.7 Å². The van der Waals surface area contributed by atoms with Gasteiger partial charge in [0.05, 0.1) is 24.4 Å². The Hall–Kier alpha value is -0.390. The van der Waals surface area contributed by atoms with Crippen LogP contribution in [0.5, 0.6) is 0 Å². The molecule has 1 atom stereocenters. The molecule has 2 heterocycles. The van der Waals surface area contributed by atoms with Crippen LogP contribution in [0.4, 0.5) is 5.82 Å². The summed E-state index contributed by atoms with van der Waals surface area (Å²) >= 11 is 7.10. The van der Waals surface area contributed by atoms with Gasteiger partial charge in [-0.15, -0.1) is 0 Å². The Morgan fingerprint density at radius 2 is 2.43 bits per heavy atom. The molecular formula is C8H12ClN3OS. The van der Waals surface area contributed by atoms with Gasteiger partial charge in [-0.3, -0.25) is 0 Å². The van der Waals surface area contributed by atoms with Crippen LogP contribution in [0.1, 0.15) is 13.3 Å². The lowest BCUT2D eigenvalue weighted by Gasteiger charge is -2.25. The summed E-state index contributed by atoms with van der Waals surface area (Å²) in [7, 11) is 0. The fourth-order valence-electron chi connectivity index (χ4n) is 1.56. The van der Waals surface area contributed by atoms with Crippen LogP contribution in [-0.2, 0) is 4.74 Å². The van der Waals surface area contributed by atoms with Crippen LogP contribution < -0.4 is 4.90 Å². The summed E-state index contributed by atoms with van der Waals surface area (Å²) < 4.78 is 13.6. The lowest BCUT2D eigenvalue weighted by Crippen LogP contribution is -2.35. The molecule has 0 aromatic carbocycles. The highest BCUT2D eigenvalue weighted by Gasteiger charge is 2.22. The summed E-state index contributed by atoms with van der Waals surface area (Å²) in [5.41, 5.74) is 0. The van der Waals surface area contributed by atoms with Crippen molar-refractivity contribution in [1.29, 1.82) is 0 Å². The van der Waals surface area contributed by atoms with E-state index < -0.39 is 0 Å².